The summed E-state index contributed by atoms with van der Waals surface area (Å²) in [6.07, 6.45) is 0.294. The van der Waals surface area contributed by atoms with Crippen LogP contribution < -0.4 is 5.32 Å². The quantitative estimate of drug-likeness (QED) is 0.815. The summed E-state index contributed by atoms with van der Waals surface area (Å²) in [5.41, 5.74) is 0.106. The Morgan fingerprint density at radius 3 is 2.47 bits per heavy atom. The Labute approximate surface area is 110 Å². The molecule has 1 atom stereocenters. The van der Waals surface area contributed by atoms with E-state index in [1.165, 1.54) is 6.07 Å². The lowest BCUT2D eigenvalue weighted by molar-refractivity contribution is 0.137. The highest BCUT2D eigenvalue weighted by Gasteiger charge is 2.26. The first-order valence-corrected chi connectivity index (χ1v) is 6.34. The molecule has 0 radical (unpaired) electrons. The highest BCUT2D eigenvalue weighted by atomic mass is 19.2. The molecule has 0 bridgehead atoms. The van der Waals surface area contributed by atoms with Gasteiger partial charge < -0.3 is 10.4 Å². The third kappa shape index (κ3) is 3.08. The van der Waals surface area contributed by atoms with E-state index in [1.54, 1.807) is 0 Å². The Balaban J connectivity index is 2.30. The minimum absolute atomic E-state index is 0.106. The maximum absolute atomic E-state index is 13.9. The second-order valence-electron chi connectivity index (χ2n) is 4.58. The van der Waals surface area contributed by atoms with Crippen LogP contribution in [0.1, 0.15) is 18.0 Å². The lowest BCUT2D eigenvalue weighted by Gasteiger charge is -2.35. The molecule has 0 aromatic heterocycles. The van der Waals surface area contributed by atoms with Crippen molar-refractivity contribution in [1.29, 1.82) is 0 Å². The van der Waals surface area contributed by atoms with E-state index < -0.39 is 23.5 Å². The maximum atomic E-state index is 13.9. The van der Waals surface area contributed by atoms with E-state index in [0.717, 1.165) is 19.2 Å². The number of nitrogens with one attached hydrogen (secondary N) is 1. The molecule has 2 rings (SSSR count). The third-order valence-electron chi connectivity index (χ3n) is 3.42. The SMILES string of the molecule is OCC[C@@H](c1ccc(F)c(F)c1F)N1CCNCC1. The van der Waals surface area contributed by atoms with E-state index in [-0.39, 0.29) is 12.2 Å². The van der Waals surface area contributed by atoms with Crippen LogP contribution >= 0.6 is 0 Å². The van der Waals surface area contributed by atoms with Gasteiger partial charge in [-0.15, -0.1) is 0 Å². The average molecular weight is 274 g/mol. The Kier molecular flexibility index (Phi) is 4.79. The zero-order valence-electron chi connectivity index (χ0n) is 10.5. The molecular formula is C13H17F3N2O. The predicted octanol–water partition coefficient (Wildman–Crippen LogP) is 1.43. The van der Waals surface area contributed by atoms with Crippen LogP contribution in [0.25, 0.3) is 0 Å². The van der Waals surface area contributed by atoms with Crippen molar-refractivity contribution in [3.63, 3.8) is 0 Å². The summed E-state index contributed by atoms with van der Waals surface area (Å²) in [6.45, 7) is 2.75. The van der Waals surface area contributed by atoms with Crippen LogP contribution in [0.4, 0.5) is 13.2 Å². The number of nitrogens with zero attached hydrogens (tertiary/aromatic N) is 1. The van der Waals surface area contributed by atoms with Gasteiger partial charge in [0, 0.05) is 44.4 Å². The second kappa shape index (κ2) is 6.36. The maximum Gasteiger partial charge on any atom is 0.194 e. The fourth-order valence-electron chi connectivity index (χ4n) is 2.45. The zero-order valence-corrected chi connectivity index (χ0v) is 10.5. The Morgan fingerprint density at radius 1 is 1.16 bits per heavy atom. The summed E-state index contributed by atoms with van der Waals surface area (Å²) in [5.74, 6) is -3.79. The number of halogens is 3. The number of hydrogen-bond acceptors (Lipinski definition) is 3. The lowest BCUT2D eigenvalue weighted by Crippen LogP contribution is -2.45. The van der Waals surface area contributed by atoms with E-state index in [0.29, 0.717) is 19.5 Å². The molecule has 1 heterocycles. The van der Waals surface area contributed by atoms with Gasteiger partial charge in [-0.1, -0.05) is 6.07 Å². The van der Waals surface area contributed by atoms with Crippen LogP contribution in [0.3, 0.4) is 0 Å². The van der Waals surface area contributed by atoms with Gasteiger partial charge in [-0.05, 0) is 12.5 Å². The van der Waals surface area contributed by atoms with Crippen molar-refractivity contribution in [2.45, 2.75) is 12.5 Å². The molecule has 1 aromatic carbocycles. The van der Waals surface area contributed by atoms with Gasteiger partial charge in [0.2, 0.25) is 0 Å². The number of benzene rings is 1. The first kappa shape index (κ1) is 14.3. The minimum Gasteiger partial charge on any atom is -0.396 e. The molecule has 0 unspecified atom stereocenters. The molecular weight excluding hydrogens is 257 g/mol. The van der Waals surface area contributed by atoms with Crippen molar-refractivity contribution in [2.24, 2.45) is 0 Å². The Bertz CT molecular complexity index is 436. The minimum atomic E-state index is -1.45. The highest BCUT2D eigenvalue weighted by molar-refractivity contribution is 5.24. The van der Waals surface area contributed by atoms with Crippen molar-refractivity contribution in [3.8, 4) is 0 Å². The Morgan fingerprint density at radius 2 is 1.84 bits per heavy atom. The van der Waals surface area contributed by atoms with Crippen molar-refractivity contribution in [1.82, 2.24) is 10.2 Å². The van der Waals surface area contributed by atoms with E-state index in [4.69, 9.17) is 5.11 Å². The predicted molar refractivity (Wildman–Crippen MR) is 65.2 cm³/mol. The second-order valence-corrected chi connectivity index (χ2v) is 4.58. The van der Waals surface area contributed by atoms with Crippen LogP contribution in [0, 0.1) is 17.5 Å². The molecule has 3 nitrogen and oxygen atoms in total. The van der Waals surface area contributed by atoms with Gasteiger partial charge >= 0.3 is 0 Å². The van der Waals surface area contributed by atoms with Crippen LogP contribution in [0.5, 0.6) is 0 Å². The third-order valence-corrected chi connectivity index (χ3v) is 3.42. The molecule has 1 aromatic rings. The average Bonchev–Trinajstić information content (AvgIpc) is 2.44. The number of piperazine rings is 1. The van der Waals surface area contributed by atoms with Crippen LogP contribution in [-0.2, 0) is 0 Å². The summed E-state index contributed by atoms with van der Waals surface area (Å²) in [6, 6.07) is 1.76. The van der Waals surface area contributed by atoms with E-state index in [2.05, 4.69) is 5.32 Å². The molecule has 19 heavy (non-hydrogen) atoms. The van der Waals surface area contributed by atoms with Crippen LogP contribution in [0.15, 0.2) is 12.1 Å². The standard InChI is InChI=1S/C13H17F3N2O/c14-10-2-1-9(12(15)13(10)16)11(3-8-19)18-6-4-17-5-7-18/h1-2,11,17,19H,3-8H2/t11-/m0/s1. The van der Waals surface area contributed by atoms with Crippen LogP contribution in [-0.4, -0.2) is 42.8 Å². The van der Waals surface area contributed by atoms with Crippen molar-refractivity contribution >= 4 is 0 Å². The zero-order chi connectivity index (χ0) is 13.8. The summed E-state index contributed by atoms with van der Waals surface area (Å²) in [4.78, 5) is 1.97. The number of aliphatic hydroxyl groups excluding tert-OH is 1. The summed E-state index contributed by atoms with van der Waals surface area (Å²) in [5, 5.41) is 12.3. The molecule has 1 aliphatic rings. The monoisotopic (exact) mass is 274 g/mol. The van der Waals surface area contributed by atoms with Gasteiger partial charge in [0.05, 0.1) is 0 Å². The summed E-state index contributed by atoms with van der Waals surface area (Å²) < 4.78 is 40.1. The summed E-state index contributed by atoms with van der Waals surface area (Å²) >= 11 is 0. The Hall–Kier alpha value is -1.11. The molecule has 0 amide bonds. The lowest BCUT2D eigenvalue weighted by atomic mass is 10.0. The number of hydrogen-bond donors (Lipinski definition) is 2. The molecule has 6 heteroatoms. The van der Waals surface area contributed by atoms with Gasteiger partial charge in [0.1, 0.15) is 0 Å². The molecule has 2 N–H and O–H groups in total. The number of rotatable bonds is 4. The van der Waals surface area contributed by atoms with Crippen molar-refractivity contribution in [3.05, 3.63) is 35.1 Å². The van der Waals surface area contributed by atoms with Crippen LogP contribution in [0.2, 0.25) is 0 Å². The largest absolute Gasteiger partial charge is 0.396 e. The van der Waals surface area contributed by atoms with E-state index in [9.17, 15) is 13.2 Å². The molecule has 0 saturated carbocycles. The van der Waals surface area contributed by atoms with Crippen molar-refractivity contribution in [2.75, 3.05) is 32.8 Å². The van der Waals surface area contributed by atoms with E-state index in [1.807, 2.05) is 4.90 Å². The van der Waals surface area contributed by atoms with Gasteiger partial charge in [0.25, 0.3) is 0 Å². The molecule has 1 saturated heterocycles. The normalized spacial score (nSPS) is 18.5. The van der Waals surface area contributed by atoms with Gasteiger partial charge in [-0.25, -0.2) is 13.2 Å². The van der Waals surface area contributed by atoms with E-state index >= 15 is 0 Å². The molecule has 1 fully saturated rings. The fraction of sp³-hybridized carbons (Fsp3) is 0.538. The molecule has 106 valence electrons. The van der Waals surface area contributed by atoms with Crippen molar-refractivity contribution < 1.29 is 18.3 Å². The first-order chi connectivity index (χ1) is 9.15. The summed E-state index contributed by atoms with van der Waals surface area (Å²) in [7, 11) is 0. The van der Waals surface area contributed by atoms with Gasteiger partial charge in [0.15, 0.2) is 17.5 Å². The first-order valence-electron chi connectivity index (χ1n) is 6.34. The van der Waals surface area contributed by atoms with Gasteiger partial charge in [-0.2, -0.15) is 0 Å². The molecule has 0 spiro atoms. The highest BCUT2D eigenvalue weighted by Crippen LogP contribution is 2.28. The van der Waals surface area contributed by atoms with Gasteiger partial charge in [-0.3, -0.25) is 4.90 Å². The molecule has 1 aliphatic heterocycles. The number of aliphatic hydroxyl groups is 1. The topological polar surface area (TPSA) is 35.5 Å². The fourth-order valence-corrected chi connectivity index (χ4v) is 2.45. The smallest absolute Gasteiger partial charge is 0.194 e. The molecule has 0 aliphatic carbocycles.